The Bertz CT molecular complexity index is 702. The maximum absolute atomic E-state index is 2.17. The number of rotatable bonds is 0. The number of aryl methyl sites for hydroxylation is 6. The summed E-state index contributed by atoms with van der Waals surface area (Å²) in [6.45, 7) is 19.1. The molecule has 0 aromatic heterocycles. The quantitative estimate of drug-likeness (QED) is 0.368. The van der Waals surface area contributed by atoms with Gasteiger partial charge in [-0.1, -0.05) is 116 Å². The van der Waals surface area contributed by atoms with Crippen molar-refractivity contribution >= 4 is 0 Å². The first-order valence-corrected chi connectivity index (χ1v) is 10.2. The molecule has 0 N–H and O–H groups in total. The first-order valence-electron chi connectivity index (χ1n) is 10.2. The summed E-state index contributed by atoms with van der Waals surface area (Å²) in [5, 5.41) is 0. The van der Waals surface area contributed by atoms with Crippen LogP contribution in [-0.4, -0.2) is 0 Å². The molecule has 0 aliphatic heterocycles. The van der Waals surface area contributed by atoms with Gasteiger partial charge in [0.15, 0.2) is 0 Å². The molecule has 3 aromatic rings. The molecule has 0 heterocycles. The van der Waals surface area contributed by atoms with E-state index in [1.54, 1.807) is 0 Å². The first kappa shape index (κ1) is 25.7. The van der Waals surface area contributed by atoms with Crippen LogP contribution in [0.5, 0.6) is 0 Å². The summed E-state index contributed by atoms with van der Waals surface area (Å²) in [6.07, 6.45) is 0. The second-order valence-electron chi connectivity index (χ2n) is 8.13. The molecule has 0 atom stereocenters. The molecule has 0 aliphatic carbocycles. The molecule has 0 aliphatic rings. The SMILES string of the molecule is CC(C)C.Cc1ccc(C)cc1.Cc1cccc(C)c1.Cc1ccccc1C. The third kappa shape index (κ3) is 14.8. The molecular weight excluding hydrogens is 336 g/mol. The van der Waals surface area contributed by atoms with E-state index in [1.807, 2.05) is 0 Å². The summed E-state index contributed by atoms with van der Waals surface area (Å²) < 4.78 is 0. The van der Waals surface area contributed by atoms with Crippen molar-refractivity contribution in [3.63, 3.8) is 0 Å². The van der Waals surface area contributed by atoms with Crippen LogP contribution in [0.3, 0.4) is 0 Å². The first-order chi connectivity index (χ1) is 13.1. The van der Waals surface area contributed by atoms with Crippen molar-refractivity contribution in [2.24, 2.45) is 5.92 Å². The van der Waals surface area contributed by atoms with Crippen LogP contribution in [0.15, 0.2) is 72.8 Å². The Balaban J connectivity index is 0.000000358. The van der Waals surface area contributed by atoms with Gasteiger partial charge in [0.25, 0.3) is 0 Å². The Morgan fingerprint density at radius 3 is 0.964 bits per heavy atom. The van der Waals surface area contributed by atoms with Gasteiger partial charge in [-0.15, -0.1) is 0 Å². The molecule has 3 rings (SSSR count). The fourth-order valence-electron chi connectivity index (χ4n) is 2.11. The summed E-state index contributed by atoms with van der Waals surface area (Å²) in [7, 11) is 0. The van der Waals surface area contributed by atoms with Crippen molar-refractivity contribution in [1.82, 2.24) is 0 Å². The minimum absolute atomic E-state index is 0.833. The fraction of sp³-hybridized carbons (Fsp3) is 0.357. The summed E-state index contributed by atoms with van der Waals surface area (Å²) in [6, 6.07) is 25.3. The zero-order valence-corrected chi connectivity index (χ0v) is 19.5. The van der Waals surface area contributed by atoms with Crippen LogP contribution in [0.2, 0.25) is 0 Å². The molecule has 0 heteroatoms. The van der Waals surface area contributed by atoms with E-state index in [1.165, 1.54) is 33.4 Å². The van der Waals surface area contributed by atoms with E-state index in [9.17, 15) is 0 Å². The Kier molecular flexibility index (Phi) is 13.5. The van der Waals surface area contributed by atoms with Crippen LogP contribution in [0.4, 0.5) is 0 Å². The highest BCUT2D eigenvalue weighted by Gasteiger charge is 1.84. The number of hydrogen-bond donors (Lipinski definition) is 0. The predicted molar refractivity (Wildman–Crippen MR) is 128 cm³/mol. The van der Waals surface area contributed by atoms with Crippen molar-refractivity contribution in [2.75, 3.05) is 0 Å². The maximum atomic E-state index is 2.17. The van der Waals surface area contributed by atoms with Crippen LogP contribution in [-0.2, 0) is 0 Å². The highest BCUT2D eigenvalue weighted by molar-refractivity contribution is 5.23. The molecule has 0 radical (unpaired) electrons. The molecule has 0 fully saturated rings. The van der Waals surface area contributed by atoms with Crippen molar-refractivity contribution in [3.05, 3.63) is 106 Å². The third-order valence-corrected chi connectivity index (χ3v) is 3.82. The Morgan fingerprint density at radius 2 is 0.750 bits per heavy atom. The molecule has 0 amide bonds. The van der Waals surface area contributed by atoms with Crippen LogP contribution in [0, 0.1) is 47.5 Å². The lowest BCUT2D eigenvalue weighted by molar-refractivity contribution is 0.737. The lowest BCUT2D eigenvalue weighted by atomic mass is 10.1. The Hall–Kier alpha value is -2.34. The molecule has 0 saturated carbocycles. The van der Waals surface area contributed by atoms with Crippen LogP contribution in [0.1, 0.15) is 54.2 Å². The second kappa shape index (κ2) is 14.7. The standard InChI is InChI=1S/3C8H10.C4H10/c1-7-3-5-8(2)6-4-7;1-7-4-3-5-8(2)6-7;1-7-5-3-4-6-8(7)2;1-4(2)3/h3*3-6H,1-2H3;4H,1-3H3. The minimum Gasteiger partial charge on any atom is -0.0630 e. The monoisotopic (exact) mass is 376 g/mol. The summed E-state index contributed by atoms with van der Waals surface area (Å²) in [5.41, 5.74) is 8.07. The zero-order chi connectivity index (χ0) is 21.5. The van der Waals surface area contributed by atoms with Gasteiger partial charge in [-0.3, -0.25) is 0 Å². The minimum atomic E-state index is 0.833. The Labute approximate surface area is 174 Å². The van der Waals surface area contributed by atoms with Gasteiger partial charge in [-0.2, -0.15) is 0 Å². The largest absolute Gasteiger partial charge is 0.0630 e. The Morgan fingerprint density at radius 1 is 0.429 bits per heavy atom. The van der Waals surface area contributed by atoms with Crippen molar-refractivity contribution in [2.45, 2.75) is 62.3 Å². The van der Waals surface area contributed by atoms with E-state index in [-0.39, 0.29) is 0 Å². The van der Waals surface area contributed by atoms with Gasteiger partial charge in [-0.25, -0.2) is 0 Å². The molecule has 0 nitrogen and oxygen atoms in total. The summed E-state index contributed by atoms with van der Waals surface area (Å²) >= 11 is 0. The highest BCUT2D eigenvalue weighted by Crippen LogP contribution is 2.03. The van der Waals surface area contributed by atoms with Crippen molar-refractivity contribution in [3.8, 4) is 0 Å². The predicted octanol–water partition coefficient (Wildman–Crippen LogP) is 8.57. The average molecular weight is 377 g/mol. The van der Waals surface area contributed by atoms with Gasteiger partial charge in [0.2, 0.25) is 0 Å². The van der Waals surface area contributed by atoms with E-state index in [2.05, 4.69) is 135 Å². The van der Waals surface area contributed by atoms with Crippen LogP contribution < -0.4 is 0 Å². The van der Waals surface area contributed by atoms with E-state index in [0.717, 1.165) is 5.92 Å². The van der Waals surface area contributed by atoms with Crippen molar-refractivity contribution in [1.29, 1.82) is 0 Å². The fourth-order valence-corrected chi connectivity index (χ4v) is 2.11. The molecule has 3 aromatic carbocycles. The van der Waals surface area contributed by atoms with Gasteiger partial charge in [-0.05, 0) is 58.6 Å². The van der Waals surface area contributed by atoms with E-state index in [0.29, 0.717) is 0 Å². The normalized spacial score (nSPS) is 9.21. The smallest absolute Gasteiger partial charge is 0.0395 e. The van der Waals surface area contributed by atoms with E-state index in [4.69, 9.17) is 0 Å². The zero-order valence-electron chi connectivity index (χ0n) is 19.5. The maximum Gasteiger partial charge on any atom is -0.0395 e. The van der Waals surface area contributed by atoms with Gasteiger partial charge in [0, 0.05) is 0 Å². The number of benzene rings is 3. The molecule has 152 valence electrons. The lowest BCUT2D eigenvalue weighted by Gasteiger charge is -1.93. The van der Waals surface area contributed by atoms with Gasteiger partial charge >= 0.3 is 0 Å². The van der Waals surface area contributed by atoms with Gasteiger partial charge in [0.05, 0.1) is 0 Å². The second-order valence-corrected chi connectivity index (χ2v) is 8.13. The third-order valence-electron chi connectivity index (χ3n) is 3.82. The van der Waals surface area contributed by atoms with Gasteiger partial charge in [0.1, 0.15) is 0 Å². The van der Waals surface area contributed by atoms with E-state index >= 15 is 0 Å². The molecule has 0 unspecified atom stereocenters. The molecular formula is C28H40. The lowest BCUT2D eigenvalue weighted by Crippen LogP contribution is -1.74. The summed E-state index contributed by atoms with van der Waals surface area (Å²) in [4.78, 5) is 0. The molecule has 0 spiro atoms. The molecule has 0 bridgehead atoms. The van der Waals surface area contributed by atoms with E-state index < -0.39 is 0 Å². The highest BCUT2D eigenvalue weighted by atomic mass is 13.9. The van der Waals surface area contributed by atoms with Crippen molar-refractivity contribution < 1.29 is 0 Å². The number of hydrogen-bond acceptors (Lipinski definition) is 0. The van der Waals surface area contributed by atoms with Gasteiger partial charge < -0.3 is 0 Å². The topological polar surface area (TPSA) is 0 Å². The van der Waals surface area contributed by atoms with Crippen LogP contribution in [0.25, 0.3) is 0 Å². The average Bonchev–Trinajstić information content (AvgIpc) is 2.61. The summed E-state index contributed by atoms with van der Waals surface area (Å²) in [5.74, 6) is 0.833. The van der Waals surface area contributed by atoms with Crippen LogP contribution >= 0.6 is 0 Å². The molecule has 0 saturated heterocycles. The molecule has 28 heavy (non-hydrogen) atoms.